The van der Waals surface area contributed by atoms with E-state index in [1.807, 2.05) is 0 Å². The van der Waals surface area contributed by atoms with Gasteiger partial charge in [-0.3, -0.25) is 19.3 Å². The van der Waals surface area contributed by atoms with Crippen molar-refractivity contribution in [2.24, 2.45) is 0 Å². The second kappa shape index (κ2) is 7.26. The first kappa shape index (κ1) is 18.7. The largest absolute Gasteiger partial charge is 0.467 e. The van der Waals surface area contributed by atoms with Crippen LogP contribution in [-0.4, -0.2) is 35.3 Å². The molecular weight excluding hydrogens is 365 g/mol. The number of hydrogen-bond donors (Lipinski definition) is 0. The van der Waals surface area contributed by atoms with Gasteiger partial charge < -0.3 is 9.32 Å². The number of alkyl halides is 3. The van der Waals surface area contributed by atoms with Gasteiger partial charge in [0.2, 0.25) is 11.8 Å². The van der Waals surface area contributed by atoms with Crippen molar-refractivity contribution in [1.29, 1.82) is 0 Å². The summed E-state index contributed by atoms with van der Waals surface area (Å²) in [6, 6.07) is 8.43. The van der Waals surface area contributed by atoms with Crippen LogP contribution < -0.4 is 4.90 Å². The summed E-state index contributed by atoms with van der Waals surface area (Å²) in [5, 5.41) is 0. The van der Waals surface area contributed by atoms with Crippen molar-refractivity contribution in [3.63, 3.8) is 0 Å². The molecule has 1 aliphatic rings. The van der Waals surface area contributed by atoms with Crippen molar-refractivity contribution in [3.8, 4) is 0 Å². The molecule has 0 N–H and O–H groups in total. The Morgan fingerprint density at radius 1 is 1.11 bits per heavy atom. The van der Waals surface area contributed by atoms with Crippen LogP contribution >= 0.6 is 0 Å². The van der Waals surface area contributed by atoms with Crippen molar-refractivity contribution in [2.45, 2.75) is 25.6 Å². The number of nitrogens with zero attached hydrogens (tertiary/aromatic N) is 2. The van der Waals surface area contributed by atoms with Gasteiger partial charge in [-0.25, -0.2) is 0 Å². The SMILES string of the molecule is O=C(c1cccc(N2C(=O)CCC2=O)c1)N(Cc1ccco1)CC(F)(F)F. The molecule has 0 radical (unpaired) electrons. The van der Waals surface area contributed by atoms with Gasteiger partial charge in [0.25, 0.3) is 5.91 Å². The van der Waals surface area contributed by atoms with Gasteiger partial charge in [0.15, 0.2) is 0 Å². The van der Waals surface area contributed by atoms with E-state index < -0.39 is 30.4 Å². The lowest BCUT2D eigenvalue weighted by molar-refractivity contribution is -0.142. The molecule has 27 heavy (non-hydrogen) atoms. The molecule has 1 aromatic carbocycles. The predicted octanol–water partition coefficient (Wildman–Crippen LogP) is 3.14. The lowest BCUT2D eigenvalue weighted by atomic mass is 10.1. The minimum Gasteiger partial charge on any atom is -0.467 e. The first-order chi connectivity index (χ1) is 12.7. The number of anilines is 1. The summed E-state index contributed by atoms with van der Waals surface area (Å²) in [5.74, 6) is -1.50. The van der Waals surface area contributed by atoms with Gasteiger partial charge in [-0.1, -0.05) is 6.07 Å². The van der Waals surface area contributed by atoms with Crippen molar-refractivity contribution in [1.82, 2.24) is 4.90 Å². The van der Waals surface area contributed by atoms with E-state index in [-0.39, 0.29) is 36.4 Å². The minimum absolute atomic E-state index is 0.0594. The zero-order valence-corrected chi connectivity index (χ0v) is 14.0. The molecule has 6 nitrogen and oxygen atoms in total. The maximum Gasteiger partial charge on any atom is 0.406 e. The van der Waals surface area contributed by atoms with Crippen LogP contribution in [0.5, 0.6) is 0 Å². The Hall–Kier alpha value is -3.10. The van der Waals surface area contributed by atoms with E-state index in [9.17, 15) is 27.6 Å². The van der Waals surface area contributed by atoms with Crippen molar-refractivity contribution < 1.29 is 32.0 Å². The molecule has 3 rings (SSSR count). The third-order valence-electron chi connectivity index (χ3n) is 3.99. The molecule has 1 fully saturated rings. The first-order valence-electron chi connectivity index (χ1n) is 8.09. The predicted molar refractivity (Wildman–Crippen MR) is 87.7 cm³/mol. The summed E-state index contributed by atoms with van der Waals surface area (Å²) < 4.78 is 43.8. The van der Waals surface area contributed by atoms with Crippen LogP contribution in [0.1, 0.15) is 29.0 Å². The molecule has 0 atom stereocenters. The van der Waals surface area contributed by atoms with Gasteiger partial charge in [0.05, 0.1) is 18.5 Å². The molecule has 0 spiro atoms. The second-order valence-electron chi connectivity index (χ2n) is 6.03. The second-order valence-corrected chi connectivity index (χ2v) is 6.03. The third-order valence-corrected chi connectivity index (χ3v) is 3.99. The molecule has 1 aromatic heterocycles. The number of amides is 3. The van der Waals surface area contributed by atoms with Crippen molar-refractivity contribution in [3.05, 3.63) is 54.0 Å². The number of imide groups is 1. The number of carbonyl (C=O) groups excluding carboxylic acids is 3. The number of benzene rings is 1. The van der Waals surface area contributed by atoms with E-state index in [2.05, 4.69) is 0 Å². The van der Waals surface area contributed by atoms with E-state index in [1.54, 1.807) is 0 Å². The first-order valence-corrected chi connectivity index (χ1v) is 8.09. The quantitative estimate of drug-likeness (QED) is 0.748. The lowest BCUT2D eigenvalue weighted by Gasteiger charge is -2.23. The van der Waals surface area contributed by atoms with Crippen LogP contribution in [0.3, 0.4) is 0 Å². The van der Waals surface area contributed by atoms with E-state index >= 15 is 0 Å². The van der Waals surface area contributed by atoms with E-state index in [4.69, 9.17) is 4.42 Å². The normalized spacial score (nSPS) is 14.7. The summed E-state index contributed by atoms with van der Waals surface area (Å²) in [6.07, 6.45) is -3.16. The molecule has 142 valence electrons. The van der Waals surface area contributed by atoms with Gasteiger partial charge >= 0.3 is 6.18 Å². The number of hydrogen-bond acceptors (Lipinski definition) is 4. The average Bonchev–Trinajstić information content (AvgIpc) is 3.22. The maximum absolute atomic E-state index is 12.9. The lowest BCUT2D eigenvalue weighted by Crippen LogP contribution is -2.38. The highest BCUT2D eigenvalue weighted by Crippen LogP contribution is 2.25. The van der Waals surface area contributed by atoms with Gasteiger partial charge in [0.1, 0.15) is 12.3 Å². The fourth-order valence-corrected chi connectivity index (χ4v) is 2.83. The fourth-order valence-electron chi connectivity index (χ4n) is 2.83. The Labute approximate surface area is 152 Å². The van der Waals surface area contributed by atoms with Gasteiger partial charge in [-0.15, -0.1) is 0 Å². The summed E-state index contributed by atoms with van der Waals surface area (Å²) in [4.78, 5) is 37.9. The topological polar surface area (TPSA) is 70.8 Å². The highest BCUT2D eigenvalue weighted by atomic mass is 19.4. The monoisotopic (exact) mass is 380 g/mol. The molecule has 0 aliphatic carbocycles. The van der Waals surface area contributed by atoms with Crippen molar-refractivity contribution >= 4 is 23.4 Å². The molecule has 0 bridgehead atoms. The van der Waals surface area contributed by atoms with Crippen molar-refractivity contribution in [2.75, 3.05) is 11.4 Å². The highest BCUT2D eigenvalue weighted by molar-refractivity contribution is 6.20. The molecule has 3 amide bonds. The number of carbonyl (C=O) groups is 3. The molecule has 2 heterocycles. The number of halogens is 3. The summed E-state index contributed by atoms with van der Waals surface area (Å²) in [5.41, 5.74) is 0.106. The Balaban J connectivity index is 1.88. The number of rotatable bonds is 5. The van der Waals surface area contributed by atoms with E-state index in [0.717, 1.165) is 4.90 Å². The van der Waals surface area contributed by atoms with Crippen LogP contribution in [0.25, 0.3) is 0 Å². The maximum atomic E-state index is 12.9. The highest BCUT2D eigenvalue weighted by Gasteiger charge is 2.35. The third kappa shape index (κ3) is 4.36. The molecule has 1 aliphatic heterocycles. The van der Waals surface area contributed by atoms with Crippen LogP contribution in [0, 0.1) is 0 Å². The van der Waals surface area contributed by atoms with Crippen LogP contribution in [0.15, 0.2) is 47.1 Å². The van der Waals surface area contributed by atoms with Crippen LogP contribution in [0.4, 0.5) is 18.9 Å². The molecule has 0 saturated carbocycles. The molecular formula is C18H15F3N2O4. The molecule has 2 aromatic rings. The summed E-state index contributed by atoms with van der Waals surface area (Å²) >= 11 is 0. The zero-order chi connectivity index (χ0) is 19.6. The Morgan fingerprint density at radius 3 is 2.41 bits per heavy atom. The molecule has 1 saturated heterocycles. The summed E-state index contributed by atoms with van der Waals surface area (Å²) in [7, 11) is 0. The summed E-state index contributed by atoms with van der Waals surface area (Å²) in [6.45, 7) is -1.82. The van der Waals surface area contributed by atoms with Gasteiger partial charge in [-0.2, -0.15) is 13.2 Å². The number of furan rings is 1. The van der Waals surface area contributed by atoms with Gasteiger partial charge in [-0.05, 0) is 30.3 Å². The fraction of sp³-hybridized carbons (Fsp3) is 0.278. The Bertz CT molecular complexity index is 846. The Morgan fingerprint density at radius 2 is 1.81 bits per heavy atom. The standard InChI is InChI=1S/C18H15F3N2O4/c19-18(20,21)11-22(10-14-5-2-8-27-14)17(26)12-3-1-4-13(9-12)23-15(24)6-7-16(23)25/h1-5,8-9H,6-7,10-11H2. The minimum atomic E-state index is -4.60. The molecule has 0 unspecified atom stereocenters. The van der Waals surface area contributed by atoms with Crippen LogP contribution in [0.2, 0.25) is 0 Å². The smallest absolute Gasteiger partial charge is 0.406 e. The van der Waals surface area contributed by atoms with E-state index in [0.29, 0.717) is 4.90 Å². The van der Waals surface area contributed by atoms with E-state index in [1.165, 1.54) is 42.7 Å². The van der Waals surface area contributed by atoms with Crippen LogP contribution in [-0.2, 0) is 16.1 Å². The Kier molecular flexibility index (Phi) is 5.02. The van der Waals surface area contributed by atoms with Gasteiger partial charge in [0, 0.05) is 18.4 Å². The molecule has 9 heteroatoms. The average molecular weight is 380 g/mol. The zero-order valence-electron chi connectivity index (χ0n) is 14.0.